The maximum Gasteiger partial charge on any atom is 0.417 e. The van der Waals surface area contributed by atoms with Gasteiger partial charge in [-0.05, 0) is 36.8 Å². The first-order chi connectivity index (χ1) is 12.2. The monoisotopic (exact) mass is 367 g/mol. The molecule has 0 unspecified atom stereocenters. The Bertz CT molecular complexity index is 818. The fourth-order valence-electron chi connectivity index (χ4n) is 2.22. The van der Waals surface area contributed by atoms with Crippen LogP contribution in [0.25, 0.3) is 0 Å². The van der Waals surface area contributed by atoms with Gasteiger partial charge in [0.2, 0.25) is 0 Å². The Morgan fingerprint density at radius 1 is 1.15 bits per heavy atom. The Morgan fingerprint density at radius 3 is 2.46 bits per heavy atom. The van der Waals surface area contributed by atoms with E-state index in [1.807, 2.05) is 6.92 Å². The van der Waals surface area contributed by atoms with Gasteiger partial charge in [-0.1, -0.05) is 19.1 Å². The molecule has 2 aromatic rings. The normalized spacial score (nSPS) is 11.1. The van der Waals surface area contributed by atoms with Gasteiger partial charge in [0, 0.05) is 0 Å². The number of carboxylic acids is 1. The zero-order valence-electron chi connectivity index (χ0n) is 13.8. The Labute approximate surface area is 147 Å². The van der Waals surface area contributed by atoms with Crippen LogP contribution in [-0.2, 0) is 6.18 Å². The minimum atomic E-state index is -4.70. The van der Waals surface area contributed by atoms with Crippen LogP contribution in [0.1, 0.15) is 39.6 Å². The summed E-state index contributed by atoms with van der Waals surface area (Å²) in [6.45, 7) is 2.15. The van der Waals surface area contributed by atoms with Crippen LogP contribution in [0.3, 0.4) is 0 Å². The number of hydrogen-bond acceptors (Lipinski definition) is 3. The third-order valence-corrected chi connectivity index (χ3v) is 3.41. The molecule has 0 saturated carbocycles. The van der Waals surface area contributed by atoms with Crippen LogP contribution in [0.15, 0.2) is 42.5 Å². The van der Waals surface area contributed by atoms with Gasteiger partial charge in [0.25, 0.3) is 5.91 Å². The predicted molar refractivity (Wildman–Crippen MR) is 88.6 cm³/mol. The summed E-state index contributed by atoms with van der Waals surface area (Å²) in [4.78, 5) is 23.5. The molecule has 0 aromatic heterocycles. The van der Waals surface area contributed by atoms with Gasteiger partial charge in [-0.3, -0.25) is 4.79 Å². The number of benzene rings is 2. The van der Waals surface area contributed by atoms with E-state index in [4.69, 9.17) is 9.84 Å². The van der Waals surface area contributed by atoms with E-state index < -0.39 is 29.2 Å². The lowest BCUT2D eigenvalue weighted by molar-refractivity contribution is -0.137. The number of carboxylic acid groups (broad SMARTS) is 1. The van der Waals surface area contributed by atoms with E-state index in [0.717, 1.165) is 18.2 Å². The Morgan fingerprint density at radius 2 is 1.85 bits per heavy atom. The third kappa shape index (κ3) is 4.53. The smallest absolute Gasteiger partial charge is 0.417 e. The number of alkyl halides is 3. The molecule has 0 fully saturated rings. The fraction of sp³-hybridized carbons (Fsp3) is 0.222. The van der Waals surface area contributed by atoms with Crippen molar-refractivity contribution < 1.29 is 32.6 Å². The Balaban J connectivity index is 2.39. The van der Waals surface area contributed by atoms with E-state index in [2.05, 4.69) is 5.32 Å². The zero-order valence-corrected chi connectivity index (χ0v) is 13.8. The summed E-state index contributed by atoms with van der Waals surface area (Å²) >= 11 is 0. The highest BCUT2D eigenvalue weighted by atomic mass is 19.4. The van der Waals surface area contributed by atoms with E-state index in [1.165, 1.54) is 24.3 Å². The molecule has 2 N–H and O–H groups in total. The maximum absolute atomic E-state index is 13.1. The van der Waals surface area contributed by atoms with Crippen LogP contribution < -0.4 is 10.1 Å². The van der Waals surface area contributed by atoms with Crippen LogP contribution in [0.2, 0.25) is 0 Å². The molecule has 0 radical (unpaired) electrons. The second-order valence-corrected chi connectivity index (χ2v) is 5.36. The molecule has 0 aliphatic heterocycles. The average Bonchev–Trinajstić information content (AvgIpc) is 2.59. The van der Waals surface area contributed by atoms with Crippen molar-refractivity contribution in [2.24, 2.45) is 0 Å². The SMILES string of the molecule is CCCOc1ccc(C(=O)O)cc1NC(=O)c1ccccc1C(F)(F)F. The lowest BCUT2D eigenvalue weighted by Crippen LogP contribution is -2.19. The van der Waals surface area contributed by atoms with Crippen LogP contribution in [0, 0.1) is 0 Å². The highest BCUT2D eigenvalue weighted by molar-refractivity contribution is 6.06. The summed E-state index contributed by atoms with van der Waals surface area (Å²) in [6, 6.07) is 8.12. The van der Waals surface area contributed by atoms with Crippen LogP contribution in [-0.4, -0.2) is 23.6 Å². The highest BCUT2D eigenvalue weighted by Gasteiger charge is 2.35. The molecule has 0 aliphatic rings. The number of carbonyl (C=O) groups excluding carboxylic acids is 1. The standard InChI is InChI=1S/C18H16F3NO4/c1-2-9-26-15-8-7-11(17(24)25)10-14(15)22-16(23)12-5-3-4-6-13(12)18(19,20)21/h3-8,10H,2,9H2,1H3,(H,22,23)(H,24,25). The molecule has 5 nitrogen and oxygen atoms in total. The predicted octanol–water partition coefficient (Wildman–Crippen LogP) is 4.44. The first-order valence-electron chi connectivity index (χ1n) is 7.71. The second kappa shape index (κ2) is 7.90. The number of rotatable bonds is 6. The summed E-state index contributed by atoms with van der Waals surface area (Å²) in [7, 11) is 0. The number of carbonyl (C=O) groups is 2. The van der Waals surface area contributed by atoms with E-state index >= 15 is 0 Å². The highest BCUT2D eigenvalue weighted by Crippen LogP contribution is 2.33. The summed E-state index contributed by atoms with van der Waals surface area (Å²) < 4.78 is 44.7. The molecule has 2 rings (SSSR count). The molecule has 0 saturated heterocycles. The van der Waals surface area contributed by atoms with Gasteiger partial charge in [0.15, 0.2) is 0 Å². The molecule has 1 amide bonds. The van der Waals surface area contributed by atoms with Crippen molar-refractivity contribution >= 4 is 17.6 Å². The first kappa shape index (κ1) is 19.3. The average molecular weight is 367 g/mol. The van der Waals surface area contributed by atoms with Gasteiger partial charge in [-0.15, -0.1) is 0 Å². The minimum absolute atomic E-state index is 0.0136. The van der Waals surface area contributed by atoms with Gasteiger partial charge in [0.1, 0.15) is 5.75 Å². The molecule has 0 spiro atoms. The van der Waals surface area contributed by atoms with Crippen molar-refractivity contribution in [3.8, 4) is 5.75 Å². The minimum Gasteiger partial charge on any atom is -0.491 e. The molecular formula is C18H16F3NO4. The quantitative estimate of drug-likeness (QED) is 0.791. The molecule has 0 bridgehead atoms. The van der Waals surface area contributed by atoms with Gasteiger partial charge in [-0.2, -0.15) is 13.2 Å². The topological polar surface area (TPSA) is 75.6 Å². The van der Waals surface area contributed by atoms with Crippen LogP contribution in [0.4, 0.5) is 18.9 Å². The third-order valence-electron chi connectivity index (χ3n) is 3.41. The van der Waals surface area contributed by atoms with Gasteiger partial charge < -0.3 is 15.2 Å². The number of aromatic carboxylic acids is 1. The number of hydrogen-bond donors (Lipinski definition) is 2. The van der Waals surface area contributed by atoms with Crippen molar-refractivity contribution in [3.05, 3.63) is 59.2 Å². The van der Waals surface area contributed by atoms with Gasteiger partial charge in [0.05, 0.1) is 29.0 Å². The van der Waals surface area contributed by atoms with Crippen LogP contribution >= 0.6 is 0 Å². The molecule has 2 aromatic carbocycles. The van der Waals surface area contributed by atoms with Crippen molar-refractivity contribution in [2.45, 2.75) is 19.5 Å². The van der Waals surface area contributed by atoms with E-state index in [0.29, 0.717) is 13.0 Å². The lowest BCUT2D eigenvalue weighted by atomic mass is 10.1. The number of ether oxygens (including phenoxy) is 1. The zero-order chi connectivity index (χ0) is 19.3. The second-order valence-electron chi connectivity index (χ2n) is 5.36. The molecule has 0 atom stereocenters. The summed E-state index contributed by atoms with van der Waals surface area (Å²) in [5, 5.41) is 11.4. The van der Waals surface area contributed by atoms with E-state index in [-0.39, 0.29) is 17.0 Å². The lowest BCUT2D eigenvalue weighted by Gasteiger charge is -2.15. The van der Waals surface area contributed by atoms with Crippen molar-refractivity contribution in [2.75, 3.05) is 11.9 Å². The molecule has 8 heteroatoms. The van der Waals surface area contributed by atoms with Gasteiger partial charge >= 0.3 is 12.1 Å². The number of anilines is 1. The van der Waals surface area contributed by atoms with Crippen molar-refractivity contribution in [1.82, 2.24) is 0 Å². The fourth-order valence-corrected chi connectivity index (χ4v) is 2.22. The summed E-state index contributed by atoms with van der Waals surface area (Å²) in [5.74, 6) is -2.07. The van der Waals surface area contributed by atoms with Crippen molar-refractivity contribution in [1.29, 1.82) is 0 Å². The van der Waals surface area contributed by atoms with E-state index in [9.17, 15) is 22.8 Å². The molecular weight excluding hydrogens is 351 g/mol. The Hall–Kier alpha value is -3.03. The number of halogens is 3. The molecule has 0 heterocycles. The van der Waals surface area contributed by atoms with Crippen LogP contribution in [0.5, 0.6) is 5.75 Å². The maximum atomic E-state index is 13.1. The summed E-state index contributed by atoms with van der Waals surface area (Å²) in [5.41, 5.74) is -1.79. The van der Waals surface area contributed by atoms with E-state index in [1.54, 1.807) is 0 Å². The molecule has 138 valence electrons. The summed E-state index contributed by atoms with van der Waals surface area (Å²) in [6.07, 6.45) is -4.04. The largest absolute Gasteiger partial charge is 0.491 e. The number of nitrogens with one attached hydrogen (secondary N) is 1. The Kier molecular flexibility index (Phi) is 5.86. The number of amides is 1. The van der Waals surface area contributed by atoms with Gasteiger partial charge in [-0.25, -0.2) is 4.79 Å². The molecule has 26 heavy (non-hydrogen) atoms. The molecule has 0 aliphatic carbocycles. The first-order valence-corrected chi connectivity index (χ1v) is 7.71. The van der Waals surface area contributed by atoms with Crippen molar-refractivity contribution in [3.63, 3.8) is 0 Å².